The van der Waals surface area contributed by atoms with Crippen LogP contribution in [-0.4, -0.2) is 48.4 Å². The van der Waals surface area contributed by atoms with Gasteiger partial charge in [0.2, 0.25) is 11.8 Å². The summed E-state index contributed by atoms with van der Waals surface area (Å²) in [6, 6.07) is 22.8. The van der Waals surface area contributed by atoms with Crippen molar-refractivity contribution < 1.29 is 14.4 Å². The number of nitrogens with one attached hydrogen (secondary N) is 2. The fraction of sp³-hybridized carbons (Fsp3) is 0.192. The van der Waals surface area contributed by atoms with E-state index in [0.717, 1.165) is 10.6 Å². The van der Waals surface area contributed by atoms with E-state index >= 15 is 0 Å². The second kappa shape index (κ2) is 11.4. The molecule has 3 aromatic carbocycles. The largest absolute Gasteiger partial charge is 0.324 e. The Morgan fingerprint density at radius 2 is 1.45 bits per heavy atom. The number of ketones is 1. The number of thioether (sulfide) groups is 1. The van der Waals surface area contributed by atoms with Crippen LogP contribution in [0.3, 0.4) is 0 Å². The highest BCUT2D eigenvalue weighted by atomic mass is 32.2. The molecule has 7 heteroatoms. The highest BCUT2D eigenvalue weighted by Gasteiger charge is 2.22. The lowest BCUT2D eigenvalue weighted by atomic mass is 10.0. The molecule has 0 saturated heterocycles. The van der Waals surface area contributed by atoms with E-state index in [1.165, 1.54) is 0 Å². The summed E-state index contributed by atoms with van der Waals surface area (Å²) in [5, 5.41) is 5.75. The Hall–Kier alpha value is -3.42. The topological polar surface area (TPSA) is 78.5 Å². The maximum atomic E-state index is 12.9. The van der Waals surface area contributed by atoms with E-state index in [-0.39, 0.29) is 24.1 Å². The maximum absolute atomic E-state index is 12.9. The molecule has 0 spiro atoms. The third kappa shape index (κ3) is 6.31. The highest BCUT2D eigenvalue weighted by molar-refractivity contribution is 7.98. The SMILES string of the molecule is CSc1ccccc1NC(=O)CN(C)C(C)C(=O)Nc1ccccc1C(=O)c1ccccc1. The van der Waals surface area contributed by atoms with Crippen LogP contribution < -0.4 is 10.6 Å². The van der Waals surface area contributed by atoms with Crippen molar-refractivity contribution in [2.75, 3.05) is 30.5 Å². The number of rotatable bonds is 9. The summed E-state index contributed by atoms with van der Waals surface area (Å²) in [5.74, 6) is -0.680. The lowest BCUT2D eigenvalue weighted by Gasteiger charge is -2.24. The number of nitrogens with zero attached hydrogens (tertiary/aromatic N) is 1. The summed E-state index contributed by atoms with van der Waals surface area (Å²) in [6.45, 7) is 1.77. The van der Waals surface area contributed by atoms with Gasteiger partial charge in [0.15, 0.2) is 5.78 Å². The van der Waals surface area contributed by atoms with Crippen LogP contribution in [0.15, 0.2) is 83.8 Å². The molecule has 3 aromatic rings. The second-order valence-electron chi connectivity index (χ2n) is 7.57. The van der Waals surface area contributed by atoms with E-state index in [4.69, 9.17) is 0 Å². The van der Waals surface area contributed by atoms with Gasteiger partial charge in [-0.3, -0.25) is 19.3 Å². The summed E-state index contributed by atoms with van der Waals surface area (Å²) in [4.78, 5) is 41.0. The first-order valence-electron chi connectivity index (χ1n) is 10.5. The van der Waals surface area contributed by atoms with Crippen LogP contribution in [-0.2, 0) is 9.59 Å². The van der Waals surface area contributed by atoms with E-state index in [9.17, 15) is 14.4 Å². The highest BCUT2D eigenvalue weighted by Crippen LogP contribution is 2.24. The molecule has 0 aromatic heterocycles. The smallest absolute Gasteiger partial charge is 0.241 e. The van der Waals surface area contributed by atoms with Crippen molar-refractivity contribution in [3.8, 4) is 0 Å². The molecule has 3 rings (SSSR count). The van der Waals surface area contributed by atoms with Crippen LogP contribution in [0.2, 0.25) is 0 Å². The monoisotopic (exact) mass is 461 g/mol. The van der Waals surface area contributed by atoms with Crippen molar-refractivity contribution in [1.29, 1.82) is 0 Å². The Bertz CT molecular complexity index is 1130. The second-order valence-corrected chi connectivity index (χ2v) is 8.42. The lowest BCUT2D eigenvalue weighted by Crippen LogP contribution is -2.43. The van der Waals surface area contributed by atoms with Gasteiger partial charge in [-0.1, -0.05) is 54.6 Å². The molecule has 2 N–H and O–H groups in total. The Labute approximate surface area is 198 Å². The van der Waals surface area contributed by atoms with Gasteiger partial charge >= 0.3 is 0 Å². The number of para-hydroxylation sites is 2. The van der Waals surface area contributed by atoms with Crippen molar-refractivity contribution in [2.24, 2.45) is 0 Å². The van der Waals surface area contributed by atoms with E-state index < -0.39 is 6.04 Å². The summed E-state index contributed by atoms with van der Waals surface area (Å²) in [5.41, 5.74) is 2.15. The van der Waals surface area contributed by atoms with Gasteiger partial charge in [0, 0.05) is 16.0 Å². The molecule has 0 bridgehead atoms. The Morgan fingerprint density at radius 1 is 0.848 bits per heavy atom. The quantitative estimate of drug-likeness (QED) is 0.361. The molecule has 33 heavy (non-hydrogen) atoms. The van der Waals surface area contributed by atoms with Crippen molar-refractivity contribution >= 4 is 40.7 Å². The minimum Gasteiger partial charge on any atom is -0.324 e. The first-order valence-corrected chi connectivity index (χ1v) is 11.8. The van der Waals surface area contributed by atoms with Crippen LogP contribution in [0.4, 0.5) is 11.4 Å². The first kappa shape index (κ1) is 24.2. The Morgan fingerprint density at radius 3 is 2.15 bits per heavy atom. The molecule has 170 valence electrons. The van der Waals surface area contributed by atoms with Crippen LogP contribution in [0.5, 0.6) is 0 Å². The maximum Gasteiger partial charge on any atom is 0.241 e. The Kier molecular flexibility index (Phi) is 8.40. The van der Waals surface area contributed by atoms with Crippen LogP contribution in [0.1, 0.15) is 22.8 Å². The number of likely N-dealkylation sites (N-methyl/N-ethyl adjacent to an activating group) is 1. The van der Waals surface area contributed by atoms with E-state index in [0.29, 0.717) is 16.8 Å². The van der Waals surface area contributed by atoms with Crippen LogP contribution in [0, 0.1) is 0 Å². The summed E-state index contributed by atoms with van der Waals surface area (Å²) in [7, 11) is 1.71. The van der Waals surface area contributed by atoms with Gasteiger partial charge in [-0.2, -0.15) is 0 Å². The van der Waals surface area contributed by atoms with Crippen molar-refractivity contribution in [1.82, 2.24) is 4.90 Å². The molecule has 1 atom stereocenters. The van der Waals surface area contributed by atoms with Gasteiger partial charge in [-0.05, 0) is 44.5 Å². The predicted molar refractivity (Wildman–Crippen MR) is 134 cm³/mol. The summed E-state index contributed by atoms with van der Waals surface area (Å²) in [6.07, 6.45) is 1.95. The van der Waals surface area contributed by atoms with Crippen LogP contribution in [0.25, 0.3) is 0 Å². The third-order valence-corrected chi connectivity index (χ3v) is 6.08. The number of hydrogen-bond donors (Lipinski definition) is 2. The number of hydrogen-bond acceptors (Lipinski definition) is 5. The fourth-order valence-corrected chi connectivity index (χ4v) is 3.83. The van der Waals surface area contributed by atoms with E-state index in [1.807, 2.05) is 36.6 Å². The average molecular weight is 462 g/mol. The normalized spacial score (nSPS) is 11.6. The molecule has 0 heterocycles. The lowest BCUT2D eigenvalue weighted by molar-refractivity contribution is -0.122. The zero-order chi connectivity index (χ0) is 23.8. The van der Waals surface area contributed by atoms with Gasteiger partial charge in [-0.25, -0.2) is 0 Å². The molecule has 0 fully saturated rings. The number of anilines is 2. The van der Waals surface area contributed by atoms with Gasteiger partial charge in [0.05, 0.1) is 24.0 Å². The molecule has 0 radical (unpaired) electrons. The zero-order valence-corrected chi connectivity index (χ0v) is 19.7. The van der Waals surface area contributed by atoms with Gasteiger partial charge in [0.25, 0.3) is 0 Å². The standard InChI is InChI=1S/C26H27N3O3S/c1-18(29(2)17-24(30)27-22-15-9-10-16-23(22)33-3)26(32)28-21-14-8-7-13-20(21)25(31)19-11-5-4-6-12-19/h4-16,18H,17H2,1-3H3,(H,27,30)(H,28,32). The number of carbonyl (C=O) groups is 3. The number of benzene rings is 3. The molecular formula is C26H27N3O3S. The summed E-state index contributed by atoms with van der Waals surface area (Å²) >= 11 is 1.55. The minimum absolute atomic E-state index is 0.0435. The van der Waals surface area contributed by atoms with Crippen molar-refractivity contribution in [2.45, 2.75) is 17.9 Å². The van der Waals surface area contributed by atoms with Crippen LogP contribution >= 0.6 is 11.8 Å². The van der Waals surface area contributed by atoms with Crippen molar-refractivity contribution in [3.63, 3.8) is 0 Å². The van der Waals surface area contributed by atoms with Crippen molar-refractivity contribution in [3.05, 3.63) is 90.0 Å². The molecule has 0 saturated carbocycles. The first-order chi connectivity index (χ1) is 15.9. The summed E-state index contributed by atoms with van der Waals surface area (Å²) < 4.78 is 0. The Balaban J connectivity index is 1.65. The number of amides is 2. The molecule has 2 amide bonds. The molecule has 1 unspecified atom stereocenters. The van der Waals surface area contributed by atoms with E-state index in [2.05, 4.69) is 10.6 Å². The molecule has 0 aliphatic heterocycles. The van der Waals surface area contributed by atoms with E-state index in [1.54, 1.807) is 79.2 Å². The third-order valence-electron chi connectivity index (χ3n) is 5.28. The fourth-order valence-electron chi connectivity index (χ4n) is 3.27. The van der Waals surface area contributed by atoms with Gasteiger partial charge < -0.3 is 10.6 Å². The zero-order valence-electron chi connectivity index (χ0n) is 18.9. The minimum atomic E-state index is -0.591. The molecular weight excluding hydrogens is 434 g/mol. The molecule has 6 nitrogen and oxygen atoms in total. The number of carbonyl (C=O) groups excluding carboxylic acids is 3. The predicted octanol–water partition coefficient (Wildman–Crippen LogP) is 4.54. The molecule has 0 aliphatic carbocycles. The van der Waals surface area contributed by atoms with Gasteiger partial charge in [0.1, 0.15) is 0 Å². The van der Waals surface area contributed by atoms with Gasteiger partial charge in [-0.15, -0.1) is 11.8 Å². The average Bonchev–Trinajstić information content (AvgIpc) is 2.84. The molecule has 0 aliphatic rings.